The van der Waals surface area contributed by atoms with Gasteiger partial charge in [0.1, 0.15) is 16.1 Å². The Bertz CT molecular complexity index is 1070. The predicted octanol–water partition coefficient (Wildman–Crippen LogP) is 3.51. The number of sulfone groups is 1. The maximum Gasteiger partial charge on any atom is 0.161 e. The first-order valence-corrected chi connectivity index (χ1v) is 13.1. The molecule has 2 aliphatic rings. The van der Waals surface area contributed by atoms with Crippen molar-refractivity contribution in [3.05, 3.63) is 53.1 Å². The Morgan fingerprint density at radius 1 is 1.22 bits per heavy atom. The van der Waals surface area contributed by atoms with Gasteiger partial charge in [-0.25, -0.2) is 8.42 Å². The molecular weight excluding hydrogens is 428 g/mol. The summed E-state index contributed by atoms with van der Waals surface area (Å²) < 4.78 is 35.8. The number of methoxy groups -OCH3 is 1. The molecule has 32 heavy (non-hydrogen) atoms. The van der Waals surface area contributed by atoms with Crippen LogP contribution in [0.25, 0.3) is 0 Å². The van der Waals surface area contributed by atoms with Crippen LogP contribution in [0.3, 0.4) is 0 Å². The van der Waals surface area contributed by atoms with E-state index in [-0.39, 0.29) is 5.75 Å². The smallest absolute Gasteiger partial charge is 0.161 e. The topological polar surface area (TPSA) is 88.1 Å². The lowest BCUT2D eigenvalue weighted by atomic mass is 10.1. The fourth-order valence-electron chi connectivity index (χ4n) is 4.35. The molecule has 4 rings (SSSR count). The summed E-state index contributed by atoms with van der Waals surface area (Å²) in [7, 11) is -1.75. The van der Waals surface area contributed by atoms with E-state index >= 15 is 0 Å². The molecule has 0 saturated heterocycles. The van der Waals surface area contributed by atoms with Crippen LogP contribution in [0.2, 0.25) is 0 Å². The summed E-state index contributed by atoms with van der Waals surface area (Å²) in [6, 6.07) is 10.9. The van der Waals surface area contributed by atoms with Crippen LogP contribution in [-0.2, 0) is 16.4 Å². The maximum atomic E-state index is 12.4. The number of aliphatic hydroxyl groups is 1. The molecule has 2 atom stereocenters. The molecule has 2 aromatic carbocycles. The number of hydrogen-bond donors (Lipinski definition) is 2. The second kappa shape index (κ2) is 9.29. The van der Waals surface area contributed by atoms with E-state index in [1.165, 1.54) is 19.1 Å². The van der Waals surface area contributed by atoms with Gasteiger partial charge in [0.05, 0.1) is 25.5 Å². The zero-order valence-corrected chi connectivity index (χ0v) is 19.7. The van der Waals surface area contributed by atoms with E-state index in [1.807, 2.05) is 42.2 Å². The van der Waals surface area contributed by atoms with E-state index in [9.17, 15) is 13.5 Å². The minimum atomic E-state index is -3.32. The highest BCUT2D eigenvalue weighted by molar-refractivity contribution is 7.90. The van der Waals surface area contributed by atoms with Crippen molar-refractivity contribution in [1.82, 2.24) is 4.90 Å². The molecule has 8 heteroatoms. The monoisotopic (exact) mass is 460 g/mol. The maximum absolute atomic E-state index is 12.4. The molecule has 0 bridgehead atoms. The van der Waals surface area contributed by atoms with Gasteiger partial charge in [-0.05, 0) is 55.0 Å². The predicted molar refractivity (Wildman–Crippen MR) is 125 cm³/mol. The highest BCUT2D eigenvalue weighted by Crippen LogP contribution is 2.44. The van der Waals surface area contributed by atoms with E-state index in [0.717, 1.165) is 28.9 Å². The number of nitrogens with zero attached hydrogens (tertiary/aromatic N) is 1. The van der Waals surface area contributed by atoms with Gasteiger partial charge in [0.15, 0.2) is 11.5 Å². The summed E-state index contributed by atoms with van der Waals surface area (Å²) in [6.07, 6.45) is 2.81. The standard InChI is InChI=1S/C24H32N2O5S/c1-4-31-22-12-17(10-11-21(22)30-2)20(15-32(3,28)29)26-14-18-6-5-7-19(23(18)24(26)27)25-13-16-8-9-16/h5-7,10-12,16,20,24-25,27H,4,8-9,13-15H2,1-3H3. The van der Waals surface area contributed by atoms with Crippen molar-refractivity contribution in [1.29, 1.82) is 0 Å². The van der Waals surface area contributed by atoms with Gasteiger partial charge >= 0.3 is 0 Å². The molecule has 1 heterocycles. The van der Waals surface area contributed by atoms with Crippen LogP contribution < -0.4 is 14.8 Å². The molecule has 0 spiro atoms. The molecule has 1 aliphatic heterocycles. The van der Waals surface area contributed by atoms with Crippen molar-refractivity contribution < 1.29 is 23.0 Å². The van der Waals surface area contributed by atoms with Crippen molar-refractivity contribution in [3.8, 4) is 11.5 Å². The molecule has 0 amide bonds. The second-order valence-corrected chi connectivity index (χ2v) is 10.9. The molecule has 1 fully saturated rings. The van der Waals surface area contributed by atoms with Crippen molar-refractivity contribution in [2.75, 3.05) is 37.6 Å². The molecule has 1 aliphatic carbocycles. The lowest BCUT2D eigenvalue weighted by molar-refractivity contribution is -0.0117. The van der Waals surface area contributed by atoms with E-state index in [4.69, 9.17) is 9.47 Å². The third kappa shape index (κ3) is 5.03. The zero-order valence-electron chi connectivity index (χ0n) is 18.9. The number of aliphatic hydroxyl groups excluding tert-OH is 1. The van der Waals surface area contributed by atoms with E-state index in [2.05, 4.69) is 5.32 Å². The minimum absolute atomic E-state index is 0.110. The van der Waals surface area contributed by atoms with Gasteiger partial charge in [-0.1, -0.05) is 18.2 Å². The zero-order chi connectivity index (χ0) is 22.9. The number of nitrogens with one attached hydrogen (secondary N) is 1. The van der Waals surface area contributed by atoms with Crippen LogP contribution in [0.4, 0.5) is 5.69 Å². The number of rotatable bonds is 10. The number of anilines is 1. The highest BCUT2D eigenvalue weighted by Gasteiger charge is 2.38. The van der Waals surface area contributed by atoms with Crippen molar-refractivity contribution >= 4 is 15.5 Å². The molecule has 174 valence electrons. The molecule has 2 aromatic rings. The fourth-order valence-corrected chi connectivity index (χ4v) is 5.31. The van der Waals surface area contributed by atoms with E-state index in [0.29, 0.717) is 30.6 Å². The Labute approximate surface area is 190 Å². The third-order valence-electron chi connectivity index (χ3n) is 6.13. The Hall–Kier alpha value is -2.29. The van der Waals surface area contributed by atoms with Gasteiger partial charge in [0, 0.05) is 30.6 Å². The van der Waals surface area contributed by atoms with Gasteiger partial charge in [0.2, 0.25) is 0 Å². The van der Waals surface area contributed by atoms with Gasteiger partial charge in [0.25, 0.3) is 0 Å². The first-order valence-electron chi connectivity index (χ1n) is 11.1. The lowest BCUT2D eigenvalue weighted by Crippen LogP contribution is -2.32. The quantitative estimate of drug-likeness (QED) is 0.561. The Kier molecular flexibility index (Phi) is 6.65. The average Bonchev–Trinajstić information content (AvgIpc) is 3.52. The van der Waals surface area contributed by atoms with Crippen LogP contribution in [0, 0.1) is 5.92 Å². The highest BCUT2D eigenvalue weighted by atomic mass is 32.2. The van der Waals surface area contributed by atoms with Gasteiger partial charge < -0.3 is 19.9 Å². The SMILES string of the molecule is CCOc1cc(C(CS(C)(=O)=O)N2Cc3cccc(NCC4CC4)c3C2O)ccc1OC. The molecule has 2 unspecified atom stereocenters. The summed E-state index contributed by atoms with van der Waals surface area (Å²) in [6.45, 7) is 3.71. The molecule has 1 saturated carbocycles. The molecule has 7 nitrogen and oxygen atoms in total. The first-order chi connectivity index (χ1) is 15.3. The Morgan fingerprint density at radius 2 is 2.00 bits per heavy atom. The number of fused-ring (bicyclic) bond motifs is 1. The third-order valence-corrected chi connectivity index (χ3v) is 7.05. The lowest BCUT2D eigenvalue weighted by Gasteiger charge is -2.31. The summed E-state index contributed by atoms with van der Waals surface area (Å²) in [5.74, 6) is 1.74. The number of hydrogen-bond acceptors (Lipinski definition) is 7. The minimum Gasteiger partial charge on any atom is -0.493 e. The summed E-state index contributed by atoms with van der Waals surface area (Å²) in [5, 5.41) is 14.8. The van der Waals surface area contributed by atoms with E-state index in [1.54, 1.807) is 13.2 Å². The van der Waals surface area contributed by atoms with Crippen molar-refractivity contribution in [2.24, 2.45) is 5.92 Å². The van der Waals surface area contributed by atoms with Crippen molar-refractivity contribution in [3.63, 3.8) is 0 Å². The van der Waals surface area contributed by atoms with Crippen LogP contribution in [0.1, 0.15) is 48.7 Å². The summed E-state index contributed by atoms with van der Waals surface area (Å²) in [5.41, 5.74) is 3.53. The Morgan fingerprint density at radius 3 is 2.66 bits per heavy atom. The normalized spacial score (nSPS) is 19.4. The molecule has 2 N–H and O–H groups in total. The molecular formula is C24H32N2O5S. The fraction of sp³-hybridized carbons (Fsp3) is 0.500. The van der Waals surface area contributed by atoms with Crippen LogP contribution >= 0.6 is 0 Å². The van der Waals surface area contributed by atoms with Gasteiger partial charge in [-0.2, -0.15) is 0 Å². The number of benzene rings is 2. The second-order valence-electron chi connectivity index (χ2n) is 8.70. The largest absolute Gasteiger partial charge is 0.493 e. The summed E-state index contributed by atoms with van der Waals surface area (Å²) in [4.78, 5) is 1.85. The van der Waals surface area contributed by atoms with Gasteiger partial charge in [-0.3, -0.25) is 4.90 Å². The van der Waals surface area contributed by atoms with Crippen molar-refractivity contribution in [2.45, 2.75) is 38.6 Å². The molecule has 0 radical (unpaired) electrons. The first kappa shape index (κ1) is 22.9. The summed E-state index contributed by atoms with van der Waals surface area (Å²) >= 11 is 0. The van der Waals surface area contributed by atoms with Crippen LogP contribution in [-0.4, -0.2) is 50.7 Å². The van der Waals surface area contributed by atoms with Gasteiger partial charge in [-0.15, -0.1) is 0 Å². The average molecular weight is 461 g/mol. The number of ether oxygens (including phenoxy) is 2. The van der Waals surface area contributed by atoms with E-state index < -0.39 is 22.1 Å². The van der Waals surface area contributed by atoms with Crippen LogP contribution in [0.15, 0.2) is 36.4 Å². The molecule has 0 aromatic heterocycles. The Balaban J connectivity index is 1.68. The van der Waals surface area contributed by atoms with Crippen LogP contribution in [0.5, 0.6) is 11.5 Å².